The fourth-order valence-corrected chi connectivity index (χ4v) is 3.00. The average Bonchev–Trinajstić information content (AvgIpc) is 3.21. The number of fused-ring (bicyclic) bond motifs is 1. The van der Waals surface area contributed by atoms with Gasteiger partial charge in [-0.15, -0.1) is 0 Å². The van der Waals surface area contributed by atoms with Gasteiger partial charge in [0.15, 0.2) is 0 Å². The molecule has 1 aromatic carbocycles. The van der Waals surface area contributed by atoms with Crippen LogP contribution in [0.5, 0.6) is 0 Å². The van der Waals surface area contributed by atoms with Gasteiger partial charge in [-0.25, -0.2) is 9.97 Å². The minimum Gasteiger partial charge on any atom is -0.337 e. The number of anilines is 1. The third-order valence-corrected chi connectivity index (χ3v) is 4.33. The molecule has 1 unspecified atom stereocenters. The van der Waals surface area contributed by atoms with E-state index in [9.17, 15) is 0 Å². The highest BCUT2D eigenvalue weighted by atomic mass is 15.3. The molecule has 4 heteroatoms. The number of benzene rings is 1. The Kier molecular flexibility index (Phi) is 3.03. The van der Waals surface area contributed by atoms with Gasteiger partial charge in [0.05, 0.1) is 5.52 Å². The monoisotopic (exact) mass is 268 g/mol. The van der Waals surface area contributed by atoms with Crippen LogP contribution in [0.4, 0.5) is 5.95 Å². The highest BCUT2D eigenvalue weighted by Gasteiger charge is 2.29. The Morgan fingerprint density at radius 2 is 2.10 bits per heavy atom. The van der Waals surface area contributed by atoms with Crippen LogP contribution in [0.2, 0.25) is 0 Å². The zero-order valence-corrected chi connectivity index (χ0v) is 11.6. The summed E-state index contributed by atoms with van der Waals surface area (Å²) in [6.45, 7) is 2.15. The molecule has 1 saturated heterocycles. The fraction of sp³-hybridized carbons (Fsp3) is 0.500. The van der Waals surface area contributed by atoms with Crippen molar-refractivity contribution in [3.05, 3.63) is 30.5 Å². The maximum Gasteiger partial charge on any atom is 0.226 e. The molecule has 0 radical (unpaired) electrons. The minimum atomic E-state index is 0.553. The zero-order valence-electron chi connectivity index (χ0n) is 11.6. The molecule has 0 spiro atoms. The Balaban J connectivity index is 1.56. The van der Waals surface area contributed by atoms with E-state index in [1.165, 1.54) is 25.7 Å². The molecule has 104 valence electrons. The van der Waals surface area contributed by atoms with Gasteiger partial charge >= 0.3 is 0 Å². The van der Waals surface area contributed by atoms with Crippen LogP contribution >= 0.6 is 0 Å². The standard InChI is InChI=1S/C16H20N4/c1-2-6-15-12(4-1)10-18-16(19-15)20-9-3-5-14(20)11-17-13-7-8-13/h1-2,4,6,10,13-14,17H,3,5,7-9,11H2. The third kappa shape index (κ3) is 2.36. The molecular weight excluding hydrogens is 248 g/mol. The first-order chi connectivity index (χ1) is 9.90. The van der Waals surface area contributed by atoms with Crippen LogP contribution in [0.25, 0.3) is 10.9 Å². The van der Waals surface area contributed by atoms with E-state index >= 15 is 0 Å². The Morgan fingerprint density at radius 1 is 1.20 bits per heavy atom. The number of hydrogen-bond donors (Lipinski definition) is 1. The van der Waals surface area contributed by atoms with E-state index in [2.05, 4.69) is 27.3 Å². The van der Waals surface area contributed by atoms with Gasteiger partial charge in [0.1, 0.15) is 0 Å². The molecule has 1 aliphatic heterocycles. The molecule has 20 heavy (non-hydrogen) atoms. The molecule has 2 aliphatic rings. The average molecular weight is 268 g/mol. The fourth-order valence-electron chi connectivity index (χ4n) is 3.00. The highest BCUT2D eigenvalue weighted by molar-refractivity contribution is 5.78. The zero-order chi connectivity index (χ0) is 13.4. The summed E-state index contributed by atoms with van der Waals surface area (Å²) in [5, 5.41) is 4.75. The summed E-state index contributed by atoms with van der Waals surface area (Å²) in [5.74, 6) is 0.892. The van der Waals surface area contributed by atoms with Gasteiger partial charge in [-0.05, 0) is 31.7 Å². The molecule has 1 N–H and O–H groups in total. The van der Waals surface area contributed by atoms with Gasteiger partial charge in [0, 0.05) is 36.8 Å². The summed E-state index contributed by atoms with van der Waals surface area (Å²) in [7, 11) is 0. The van der Waals surface area contributed by atoms with E-state index < -0.39 is 0 Å². The maximum atomic E-state index is 4.74. The summed E-state index contributed by atoms with van der Waals surface area (Å²) in [6.07, 6.45) is 7.13. The van der Waals surface area contributed by atoms with Crippen molar-refractivity contribution < 1.29 is 0 Å². The van der Waals surface area contributed by atoms with Crippen LogP contribution in [-0.2, 0) is 0 Å². The molecule has 1 aromatic heterocycles. The number of nitrogens with one attached hydrogen (secondary N) is 1. The Bertz CT molecular complexity index is 608. The smallest absolute Gasteiger partial charge is 0.226 e. The van der Waals surface area contributed by atoms with Gasteiger partial charge in [0.2, 0.25) is 5.95 Å². The van der Waals surface area contributed by atoms with Gasteiger partial charge in [-0.1, -0.05) is 18.2 Å². The molecule has 0 bridgehead atoms. The van der Waals surface area contributed by atoms with Crippen molar-refractivity contribution in [1.29, 1.82) is 0 Å². The summed E-state index contributed by atoms with van der Waals surface area (Å²) < 4.78 is 0. The largest absolute Gasteiger partial charge is 0.337 e. The normalized spacial score (nSPS) is 22.6. The summed E-state index contributed by atoms with van der Waals surface area (Å²) in [4.78, 5) is 11.7. The quantitative estimate of drug-likeness (QED) is 0.924. The van der Waals surface area contributed by atoms with Crippen LogP contribution in [0.15, 0.2) is 30.5 Å². The molecular formula is C16H20N4. The van der Waals surface area contributed by atoms with E-state index in [-0.39, 0.29) is 0 Å². The predicted molar refractivity (Wildman–Crippen MR) is 80.9 cm³/mol. The van der Waals surface area contributed by atoms with Crippen LogP contribution in [0.1, 0.15) is 25.7 Å². The lowest BCUT2D eigenvalue weighted by Gasteiger charge is -2.25. The van der Waals surface area contributed by atoms with E-state index in [0.717, 1.165) is 36.0 Å². The first-order valence-corrected chi connectivity index (χ1v) is 7.62. The second-order valence-electron chi connectivity index (χ2n) is 5.90. The Labute approximate surface area is 119 Å². The first-order valence-electron chi connectivity index (χ1n) is 7.62. The number of para-hydroxylation sites is 1. The molecule has 1 saturated carbocycles. The SMILES string of the molecule is c1ccc2nc(N3CCCC3CNC3CC3)ncc2c1. The van der Waals surface area contributed by atoms with Crippen molar-refractivity contribution in [3.8, 4) is 0 Å². The van der Waals surface area contributed by atoms with E-state index in [4.69, 9.17) is 4.98 Å². The maximum absolute atomic E-state index is 4.74. The molecule has 2 aromatic rings. The Hall–Kier alpha value is -1.68. The number of aromatic nitrogens is 2. The van der Waals surface area contributed by atoms with Crippen LogP contribution in [-0.4, -0.2) is 35.1 Å². The molecule has 2 fully saturated rings. The second-order valence-corrected chi connectivity index (χ2v) is 5.90. The van der Waals surface area contributed by atoms with Crippen molar-refractivity contribution in [2.45, 2.75) is 37.8 Å². The van der Waals surface area contributed by atoms with Gasteiger partial charge in [-0.2, -0.15) is 0 Å². The van der Waals surface area contributed by atoms with Crippen LogP contribution in [0.3, 0.4) is 0 Å². The van der Waals surface area contributed by atoms with Crippen molar-refractivity contribution >= 4 is 16.9 Å². The number of rotatable bonds is 4. The summed E-state index contributed by atoms with van der Waals surface area (Å²) >= 11 is 0. The van der Waals surface area contributed by atoms with Crippen LogP contribution < -0.4 is 10.2 Å². The lowest BCUT2D eigenvalue weighted by Crippen LogP contribution is -2.39. The minimum absolute atomic E-state index is 0.553. The molecule has 4 nitrogen and oxygen atoms in total. The lowest BCUT2D eigenvalue weighted by atomic mass is 10.2. The molecule has 1 atom stereocenters. The number of nitrogens with zero attached hydrogens (tertiary/aromatic N) is 3. The van der Waals surface area contributed by atoms with Crippen molar-refractivity contribution in [2.24, 2.45) is 0 Å². The summed E-state index contributed by atoms with van der Waals surface area (Å²) in [6, 6.07) is 9.52. The second kappa shape index (κ2) is 5.02. The van der Waals surface area contributed by atoms with Crippen molar-refractivity contribution in [2.75, 3.05) is 18.0 Å². The molecule has 1 aliphatic carbocycles. The highest BCUT2D eigenvalue weighted by Crippen LogP contribution is 2.25. The lowest BCUT2D eigenvalue weighted by molar-refractivity contribution is 0.566. The van der Waals surface area contributed by atoms with Gasteiger partial charge in [0.25, 0.3) is 0 Å². The summed E-state index contributed by atoms with van der Waals surface area (Å²) in [5.41, 5.74) is 1.04. The molecule has 0 amide bonds. The van der Waals surface area contributed by atoms with E-state index in [0.29, 0.717) is 6.04 Å². The van der Waals surface area contributed by atoms with Crippen molar-refractivity contribution in [3.63, 3.8) is 0 Å². The van der Waals surface area contributed by atoms with E-state index in [1.807, 2.05) is 18.3 Å². The van der Waals surface area contributed by atoms with Crippen molar-refractivity contribution in [1.82, 2.24) is 15.3 Å². The molecule has 2 heterocycles. The third-order valence-electron chi connectivity index (χ3n) is 4.33. The van der Waals surface area contributed by atoms with Gasteiger partial charge in [-0.3, -0.25) is 0 Å². The van der Waals surface area contributed by atoms with Gasteiger partial charge < -0.3 is 10.2 Å². The Morgan fingerprint density at radius 3 is 3.00 bits per heavy atom. The molecule has 4 rings (SSSR count). The van der Waals surface area contributed by atoms with Crippen LogP contribution in [0, 0.1) is 0 Å². The number of hydrogen-bond acceptors (Lipinski definition) is 4. The predicted octanol–water partition coefficient (Wildman–Crippen LogP) is 2.35. The van der Waals surface area contributed by atoms with E-state index in [1.54, 1.807) is 0 Å². The first kappa shape index (κ1) is 12.1. The topological polar surface area (TPSA) is 41.1 Å².